The Labute approximate surface area is 182 Å². The highest BCUT2D eigenvalue weighted by Crippen LogP contribution is 2.38. The van der Waals surface area contributed by atoms with Crippen molar-refractivity contribution in [3.8, 4) is 11.5 Å². The minimum atomic E-state index is -0.531. The van der Waals surface area contributed by atoms with Gasteiger partial charge in [-0.05, 0) is 56.0 Å². The number of unbranched alkanes of at least 4 members (excludes halogenated alkanes) is 1. The van der Waals surface area contributed by atoms with E-state index in [9.17, 15) is 9.59 Å². The van der Waals surface area contributed by atoms with Crippen LogP contribution in [0.25, 0.3) is 0 Å². The molecule has 31 heavy (non-hydrogen) atoms. The van der Waals surface area contributed by atoms with E-state index in [0.717, 1.165) is 30.5 Å². The fourth-order valence-electron chi connectivity index (χ4n) is 3.56. The molecule has 0 aliphatic carbocycles. The largest absolute Gasteiger partial charge is 0.464 e. The van der Waals surface area contributed by atoms with E-state index in [4.69, 9.17) is 18.9 Å². The van der Waals surface area contributed by atoms with E-state index in [-0.39, 0.29) is 31.0 Å². The van der Waals surface area contributed by atoms with Crippen molar-refractivity contribution in [2.75, 3.05) is 13.9 Å². The van der Waals surface area contributed by atoms with Gasteiger partial charge in [0.15, 0.2) is 17.2 Å². The van der Waals surface area contributed by atoms with Gasteiger partial charge in [0.05, 0.1) is 19.6 Å². The van der Waals surface area contributed by atoms with E-state index in [1.54, 1.807) is 19.9 Å². The quantitative estimate of drug-likeness (QED) is 0.548. The number of aromatic nitrogens is 1. The van der Waals surface area contributed by atoms with Crippen LogP contribution in [0.4, 0.5) is 0 Å². The summed E-state index contributed by atoms with van der Waals surface area (Å²) in [6, 6.07) is 9.28. The smallest absolute Gasteiger partial charge is 0.356 e. The number of hydrogen-bond acceptors (Lipinski definition) is 7. The Bertz CT molecular complexity index is 940. The van der Waals surface area contributed by atoms with Crippen molar-refractivity contribution in [1.29, 1.82) is 0 Å². The number of ether oxygens (including phenoxy) is 4. The van der Waals surface area contributed by atoms with Crippen LogP contribution in [-0.4, -0.2) is 36.9 Å². The summed E-state index contributed by atoms with van der Waals surface area (Å²) >= 11 is 0. The first-order valence-corrected chi connectivity index (χ1v) is 10.6. The second kappa shape index (κ2) is 10.3. The zero-order chi connectivity index (χ0) is 22.4. The highest BCUT2D eigenvalue weighted by Gasteiger charge is 2.28. The first-order valence-electron chi connectivity index (χ1n) is 10.6. The fraction of sp³-hybridized carbons (Fsp3) is 0.458. The van der Waals surface area contributed by atoms with Crippen LogP contribution in [0.15, 0.2) is 30.3 Å². The lowest BCUT2D eigenvalue weighted by molar-refractivity contribution is -0.147. The normalized spacial score (nSPS) is 13.2. The van der Waals surface area contributed by atoms with Gasteiger partial charge in [-0.3, -0.25) is 4.79 Å². The van der Waals surface area contributed by atoms with Crippen molar-refractivity contribution in [3.63, 3.8) is 0 Å². The van der Waals surface area contributed by atoms with Crippen molar-refractivity contribution in [3.05, 3.63) is 52.8 Å². The minimum absolute atomic E-state index is 0.0534. The molecule has 0 spiro atoms. The Kier molecular flexibility index (Phi) is 7.50. The van der Waals surface area contributed by atoms with E-state index >= 15 is 0 Å². The van der Waals surface area contributed by atoms with Crippen molar-refractivity contribution in [2.45, 2.75) is 58.5 Å². The monoisotopic (exact) mass is 427 g/mol. The summed E-state index contributed by atoms with van der Waals surface area (Å²) in [6.45, 7) is 5.86. The molecule has 0 bridgehead atoms. The molecule has 1 aliphatic heterocycles. The lowest BCUT2D eigenvalue weighted by atomic mass is 9.86. The summed E-state index contributed by atoms with van der Waals surface area (Å²) in [5.74, 6) is -0.0946. The van der Waals surface area contributed by atoms with Gasteiger partial charge >= 0.3 is 11.9 Å². The summed E-state index contributed by atoms with van der Waals surface area (Å²) in [5.41, 5.74) is 2.46. The minimum Gasteiger partial charge on any atom is -0.464 e. The first-order chi connectivity index (χ1) is 14.9. The van der Waals surface area contributed by atoms with Crippen LogP contribution in [0, 0.1) is 0 Å². The van der Waals surface area contributed by atoms with Crippen molar-refractivity contribution in [1.82, 2.24) is 4.98 Å². The summed E-state index contributed by atoms with van der Waals surface area (Å²) in [5, 5.41) is 0. The van der Waals surface area contributed by atoms with E-state index in [1.807, 2.05) is 24.3 Å². The summed E-state index contributed by atoms with van der Waals surface area (Å²) in [6.07, 6.45) is 2.58. The average Bonchev–Trinajstić information content (AvgIpc) is 3.23. The Hall–Kier alpha value is -3.09. The molecule has 7 nitrogen and oxygen atoms in total. The molecule has 2 aromatic rings. The Morgan fingerprint density at radius 1 is 1.13 bits per heavy atom. The molecule has 0 amide bonds. The van der Waals surface area contributed by atoms with Crippen LogP contribution < -0.4 is 9.47 Å². The fourth-order valence-corrected chi connectivity index (χ4v) is 3.56. The van der Waals surface area contributed by atoms with Gasteiger partial charge in [0.1, 0.15) is 0 Å². The van der Waals surface area contributed by atoms with Gasteiger partial charge < -0.3 is 18.9 Å². The Balaban J connectivity index is 2.05. The number of carbonyl (C=O) groups excluding carboxylic acids is 2. The number of hydrogen-bond donors (Lipinski definition) is 0. The molecule has 1 aliphatic rings. The molecule has 0 fully saturated rings. The standard InChI is InChI=1S/C24H29NO6/c1-5-6-7-17-9-10-18(23(25-17)24(27)28-4)19(13-22(26)31-15(2)3)16-8-11-20-21(12-16)30-14-29-20/h8-12,15,19H,5-7,13-14H2,1-4H3/t19-/m0/s1. The molecule has 2 heterocycles. The molecule has 1 aromatic carbocycles. The molecule has 0 unspecified atom stereocenters. The molecular weight excluding hydrogens is 398 g/mol. The Morgan fingerprint density at radius 2 is 1.90 bits per heavy atom. The van der Waals surface area contributed by atoms with Gasteiger partial charge in [0.25, 0.3) is 0 Å². The average molecular weight is 427 g/mol. The molecule has 0 saturated carbocycles. The number of methoxy groups -OCH3 is 1. The maximum atomic E-state index is 12.6. The van der Waals surface area contributed by atoms with Crippen molar-refractivity contribution >= 4 is 11.9 Å². The maximum absolute atomic E-state index is 12.6. The van der Waals surface area contributed by atoms with Crippen molar-refractivity contribution < 1.29 is 28.5 Å². The summed E-state index contributed by atoms with van der Waals surface area (Å²) in [4.78, 5) is 29.8. The highest BCUT2D eigenvalue weighted by molar-refractivity contribution is 5.89. The van der Waals surface area contributed by atoms with Crippen LogP contribution in [0.3, 0.4) is 0 Å². The van der Waals surface area contributed by atoms with Gasteiger partial charge in [0, 0.05) is 11.6 Å². The predicted octanol–water partition coefficient (Wildman–Crippen LogP) is 4.41. The van der Waals surface area contributed by atoms with Crippen molar-refractivity contribution in [2.24, 2.45) is 0 Å². The third-order valence-electron chi connectivity index (χ3n) is 5.06. The van der Waals surface area contributed by atoms with Crippen LogP contribution >= 0.6 is 0 Å². The molecule has 166 valence electrons. The number of esters is 2. The van der Waals surface area contributed by atoms with Crippen LogP contribution in [0.1, 0.15) is 73.3 Å². The SMILES string of the molecule is CCCCc1ccc([C@@H](CC(=O)OC(C)C)c2ccc3c(c2)OCO3)c(C(=O)OC)n1. The molecule has 3 rings (SSSR count). The molecule has 7 heteroatoms. The van der Waals surface area contributed by atoms with E-state index in [0.29, 0.717) is 17.1 Å². The number of aryl methyl sites for hydroxylation is 1. The zero-order valence-corrected chi connectivity index (χ0v) is 18.5. The number of carbonyl (C=O) groups is 2. The molecule has 0 radical (unpaired) electrons. The van der Waals surface area contributed by atoms with Crippen LogP contribution in [0.5, 0.6) is 11.5 Å². The van der Waals surface area contributed by atoms with Gasteiger partial charge in [-0.15, -0.1) is 0 Å². The van der Waals surface area contributed by atoms with E-state index in [2.05, 4.69) is 11.9 Å². The number of benzene rings is 1. The molecule has 0 saturated heterocycles. The van der Waals surface area contributed by atoms with Gasteiger partial charge in [-0.25, -0.2) is 9.78 Å². The predicted molar refractivity (Wildman–Crippen MR) is 114 cm³/mol. The van der Waals surface area contributed by atoms with E-state index in [1.165, 1.54) is 7.11 Å². The summed E-state index contributed by atoms with van der Waals surface area (Å²) in [7, 11) is 1.33. The zero-order valence-electron chi connectivity index (χ0n) is 18.5. The van der Waals surface area contributed by atoms with Crippen LogP contribution in [0.2, 0.25) is 0 Å². The van der Waals surface area contributed by atoms with E-state index < -0.39 is 11.9 Å². The third-order valence-corrected chi connectivity index (χ3v) is 5.06. The molecule has 1 aromatic heterocycles. The topological polar surface area (TPSA) is 84.0 Å². The highest BCUT2D eigenvalue weighted by atomic mass is 16.7. The Morgan fingerprint density at radius 3 is 2.61 bits per heavy atom. The van der Waals surface area contributed by atoms with Gasteiger partial charge in [-0.2, -0.15) is 0 Å². The second-order valence-electron chi connectivity index (χ2n) is 7.74. The molecular formula is C24H29NO6. The molecule has 0 N–H and O–H groups in total. The van der Waals surface area contributed by atoms with Crippen LogP contribution in [-0.2, 0) is 20.7 Å². The van der Waals surface area contributed by atoms with Gasteiger partial charge in [0.2, 0.25) is 6.79 Å². The lowest BCUT2D eigenvalue weighted by Crippen LogP contribution is -2.19. The third kappa shape index (κ3) is 5.54. The molecule has 1 atom stereocenters. The number of pyridine rings is 1. The summed E-state index contributed by atoms with van der Waals surface area (Å²) < 4.78 is 21.3. The number of rotatable bonds is 9. The second-order valence-corrected chi connectivity index (χ2v) is 7.74. The van der Waals surface area contributed by atoms with Gasteiger partial charge in [-0.1, -0.05) is 25.5 Å². The number of fused-ring (bicyclic) bond motifs is 1. The lowest BCUT2D eigenvalue weighted by Gasteiger charge is -2.21. The number of nitrogens with zero attached hydrogens (tertiary/aromatic N) is 1. The maximum Gasteiger partial charge on any atom is 0.356 e. The first kappa shape index (κ1) is 22.6.